The molecule has 0 bridgehead atoms. The fourth-order valence-electron chi connectivity index (χ4n) is 5.25. The Morgan fingerprint density at radius 1 is 1.16 bits per heavy atom. The number of piperidine rings is 1. The molecule has 0 unspecified atom stereocenters. The molecule has 2 aliphatic rings. The molecule has 1 heterocycles. The van der Waals surface area contributed by atoms with Gasteiger partial charge in [0.1, 0.15) is 5.60 Å². The normalized spacial score (nSPS) is 20.5. The molecule has 1 atom stereocenters. The van der Waals surface area contributed by atoms with Crippen molar-refractivity contribution in [2.45, 2.75) is 90.2 Å². The zero-order valence-electron chi connectivity index (χ0n) is 20.3. The van der Waals surface area contributed by atoms with Gasteiger partial charge in [0.15, 0.2) is 0 Å². The van der Waals surface area contributed by atoms with E-state index in [1.54, 1.807) is 6.92 Å². The number of hydrogen-bond acceptors (Lipinski definition) is 3. The summed E-state index contributed by atoms with van der Waals surface area (Å²) in [5.41, 5.74) is 2.80. The Morgan fingerprint density at radius 2 is 1.74 bits per heavy atom. The number of benzene rings is 1. The lowest BCUT2D eigenvalue weighted by atomic mass is 9.72. The number of aryl methyl sites for hydroxylation is 1. The van der Waals surface area contributed by atoms with Gasteiger partial charge in [-0.05, 0) is 89.0 Å². The van der Waals surface area contributed by atoms with Gasteiger partial charge in [0.2, 0.25) is 5.91 Å². The van der Waals surface area contributed by atoms with Crippen LogP contribution in [0, 0.1) is 6.92 Å². The number of rotatable bonds is 2. The van der Waals surface area contributed by atoms with Crippen LogP contribution in [0.25, 0.3) is 0 Å². The van der Waals surface area contributed by atoms with Gasteiger partial charge in [-0.1, -0.05) is 17.7 Å². The summed E-state index contributed by atoms with van der Waals surface area (Å²) in [6.45, 7) is 15.0. The van der Waals surface area contributed by atoms with Crippen molar-refractivity contribution in [3.63, 3.8) is 0 Å². The lowest BCUT2D eigenvalue weighted by molar-refractivity contribution is -0.133. The highest BCUT2D eigenvalue weighted by atomic mass is 35.5. The Kier molecular flexibility index (Phi) is 6.16. The largest absolute Gasteiger partial charge is 0.444 e. The molecule has 1 aromatic carbocycles. The monoisotopic (exact) mass is 448 g/mol. The van der Waals surface area contributed by atoms with Gasteiger partial charge in [0.05, 0.1) is 0 Å². The molecule has 2 amide bonds. The zero-order chi connectivity index (χ0) is 23.4. The van der Waals surface area contributed by atoms with Gasteiger partial charge in [-0.2, -0.15) is 0 Å². The molecular formula is C25H37ClN2O3. The van der Waals surface area contributed by atoms with E-state index >= 15 is 0 Å². The number of likely N-dealkylation sites (N-methyl/N-ethyl adjacent to an activating group) is 1. The maximum Gasteiger partial charge on any atom is 0.410 e. The van der Waals surface area contributed by atoms with Crippen molar-refractivity contribution in [3.05, 3.63) is 33.8 Å². The van der Waals surface area contributed by atoms with Crippen molar-refractivity contribution < 1.29 is 14.3 Å². The molecule has 3 rings (SSSR count). The number of carbonyl (C=O) groups is 2. The fourth-order valence-corrected chi connectivity index (χ4v) is 5.41. The maximum atomic E-state index is 12.6. The summed E-state index contributed by atoms with van der Waals surface area (Å²) in [6.07, 6.45) is 2.45. The first kappa shape index (κ1) is 23.9. The Morgan fingerprint density at radius 3 is 2.26 bits per heavy atom. The average Bonchev–Trinajstić information content (AvgIpc) is 2.94. The summed E-state index contributed by atoms with van der Waals surface area (Å²) in [5.74, 6) is 0.276. The second-order valence-corrected chi connectivity index (χ2v) is 11.3. The minimum Gasteiger partial charge on any atom is -0.444 e. The quantitative estimate of drug-likeness (QED) is 0.586. The molecule has 1 aromatic rings. The number of hydrogen-bond donors (Lipinski definition) is 0. The second-order valence-electron chi connectivity index (χ2n) is 10.9. The van der Waals surface area contributed by atoms with Crippen LogP contribution in [0.2, 0.25) is 5.02 Å². The summed E-state index contributed by atoms with van der Waals surface area (Å²) < 4.78 is 5.59. The topological polar surface area (TPSA) is 49.9 Å². The fraction of sp³-hybridized carbons (Fsp3) is 0.680. The summed E-state index contributed by atoms with van der Waals surface area (Å²) in [7, 11) is 1.89. The van der Waals surface area contributed by atoms with Crippen LogP contribution >= 0.6 is 11.6 Å². The molecule has 31 heavy (non-hydrogen) atoms. The van der Waals surface area contributed by atoms with Gasteiger partial charge in [-0.3, -0.25) is 4.79 Å². The van der Waals surface area contributed by atoms with Crippen molar-refractivity contribution in [2.24, 2.45) is 0 Å². The molecule has 1 fully saturated rings. The second kappa shape index (κ2) is 7.99. The molecular weight excluding hydrogens is 412 g/mol. The smallest absolute Gasteiger partial charge is 0.410 e. The molecule has 6 heteroatoms. The number of ether oxygens (including phenoxy) is 1. The lowest BCUT2D eigenvalue weighted by Crippen LogP contribution is -2.49. The molecule has 0 N–H and O–H groups in total. The van der Waals surface area contributed by atoms with Crippen molar-refractivity contribution in [3.8, 4) is 0 Å². The first-order valence-corrected chi connectivity index (χ1v) is 11.6. The Bertz CT molecular complexity index is 879. The number of fused-ring (bicyclic) bond motifs is 2. The van der Waals surface area contributed by atoms with Gasteiger partial charge in [-0.25, -0.2) is 4.79 Å². The van der Waals surface area contributed by atoms with E-state index in [1.165, 1.54) is 11.1 Å². The van der Waals surface area contributed by atoms with E-state index in [1.807, 2.05) is 44.5 Å². The molecule has 172 valence electrons. The standard InChI is InChI=1S/C25H37ClN2O3/c1-16-13-18-19(14-21(16)26)25(15-20(18)24(6,7)27(8)17(2)29)9-11-28(12-10-25)22(30)31-23(3,4)5/h13-14,20H,9-12,15H2,1-8H3/t20-/m0/s1. The minimum atomic E-state index is -0.496. The van der Waals surface area contributed by atoms with Crippen molar-refractivity contribution in [1.82, 2.24) is 9.80 Å². The van der Waals surface area contributed by atoms with Crippen molar-refractivity contribution >= 4 is 23.6 Å². The first-order valence-electron chi connectivity index (χ1n) is 11.2. The van der Waals surface area contributed by atoms with Gasteiger partial charge in [0, 0.05) is 43.5 Å². The highest BCUT2D eigenvalue weighted by Crippen LogP contribution is 2.56. The van der Waals surface area contributed by atoms with Crippen molar-refractivity contribution in [2.75, 3.05) is 20.1 Å². The number of amides is 2. The highest BCUT2D eigenvalue weighted by molar-refractivity contribution is 6.31. The third-order valence-corrected chi connectivity index (χ3v) is 7.84. The predicted molar refractivity (Wildman–Crippen MR) is 125 cm³/mol. The summed E-state index contributed by atoms with van der Waals surface area (Å²) in [6, 6.07) is 4.35. The van der Waals surface area contributed by atoms with Crippen LogP contribution in [-0.2, 0) is 14.9 Å². The van der Waals surface area contributed by atoms with E-state index in [9.17, 15) is 9.59 Å². The van der Waals surface area contributed by atoms with Crippen LogP contribution in [0.4, 0.5) is 4.79 Å². The SMILES string of the molecule is CC(=O)N(C)C(C)(C)[C@H]1CC2(CCN(C(=O)OC(C)(C)C)CC2)c2cc(Cl)c(C)cc21. The van der Waals surface area contributed by atoms with Gasteiger partial charge in [-0.15, -0.1) is 0 Å². The van der Waals surface area contributed by atoms with Crippen LogP contribution in [-0.4, -0.2) is 53.1 Å². The minimum absolute atomic E-state index is 0.0370. The Balaban J connectivity index is 1.93. The van der Waals surface area contributed by atoms with Crippen LogP contribution in [0.5, 0.6) is 0 Å². The third-order valence-electron chi connectivity index (χ3n) is 7.43. The van der Waals surface area contributed by atoms with E-state index in [2.05, 4.69) is 26.0 Å². The average molecular weight is 449 g/mol. The number of halogens is 1. The first-order chi connectivity index (χ1) is 14.2. The van der Waals surface area contributed by atoms with E-state index in [0.29, 0.717) is 13.1 Å². The Hall–Kier alpha value is -1.75. The Labute approximate surface area is 192 Å². The predicted octanol–water partition coefficient (Wildman–Crippen LogP) is 5.66. The molecule has 0 radical (unpaired) electrons. The molecule has 1 saturated heterocycles. The molecule has 0 saturated carbocycles. The molecule has 0 aromatic heterocycles. The van der Waals surface area contributed by atoms with Gasteiger partial charge in [0.25, 0.3) is 0 Å². The van der Waals surface area contributed by atoms with E-state index in [-0.39, 0.29) is 28.9 Å². The van der Waals surface area contributed by atoms with Crippen molar-refractivity contribution in [1.29, 1.82) is 0 Å². The van der Waals surface area contributed by atoms with Crippen LogP contribution in [0.3, 0.4) is 0 Å². The summed E-state index contributed by atoms with van der Waals surface area (Å²) >= 11 is 6.57. The summed E-state index contributed by atoms with van der Waals surface area (Å²) in [5, 5.41) is 0.783. The molecule has 1 aliphatic carbocycles. The zero-order valence-corrected chi connectivity index (χ0v) is 21.0. The van der Waals surface area contributed by atoms with Crippen LogP contribution in [0.15, 0.2) is 12.1 Å². The van der Waals surface area contributed by atoms with E-state index in [4.69, 9.17) is 16.3 Å². The van der Waals surface area contributed by atoms with Crippen LogP contribution < -0.4 is 0 Å². The summed E-state index contributed by atoms with van der Waals surface area (Å²) in [4.78, 5) is 28.5. The number of nitrogens with zero attached hydrogens (tertiary/aromatic N) is 2. The maximum absolute atomic E-state index is 12.6. The molecule has 1 spiro atoms. The highest BCUT2D eigenvalue weighted by Gasteiger charge is 2.51. The van der Waals surface area contributed by atoms with E-state index < -0.39 is 5.60 Å². The molecule has 1 aliphatic heterocycles. The van der Waals surface area contributed by atoms with E-state index in [0.717, 1.165) is 29.8 Å². The third kappa shape index (κ3) is 4.44. The molecule has 5 nitrogen and oxygen atoms in total. The number of carbonyl (C=O) groups excluding carboxylic acids is 2. The van der Waals surface area contributed by atoms with Gasteiger partial charge < -0.3 is 14.5 Å². The number of likely N-dealkylation sites (tertiary alicyclic amines) is 1. The van der Waals surface area contributed by atoms with Gasteiger partial charge >= 0.3 is 6.09 Å². The lowest BCUT2D eigenvalue weighted by Gasteiger charge is -2.43. The van der Waals surface area contributed by atoms with Crippen LogP contribution in [0.1, 0.15) is 83.4 Å².